The van der Waals surface area contributed by atoms with Gasteiger partial charge in [-0.3, -0.25) is 4.79 Å². The third kappa shape index (κ3) is 4.85. The first-order chi connectivity index (χ1) is 11.1. The number of amides is 3. The Balaban J connectivity index is 1.89. The number of methoxy groups -OCH3 is 1. The van der Waals surface area contributed by atoms with Crippen LogP contribution in [0, 0.1) is 5.92 Å². The first-order valence-electron chi connectivity index (χ1n) is 7.82. The van der Waals surface area contributed by atoms with Gasteiger partial charge in [-0.2, -0.15) is 0 Å². The zero-order chi connectivity index (χ0) is 16.7. The van der Waals surface area contributed by atoms with E-state index in [1.165, 1.54) is 0 Å². The van der Waals surface area contributed by atoms with Crippen LogP contribution in [-0.2, 0) is 4.79 Å². The summed E-state index contributed by atoms with van der Waals surface area (Å²) >= 11 is 0. The van der Waals surface area contributed by atoms with Crippen molar-refractivity contribution in [3.8, 4) is 5.75 Å². The molecule has 7 nitrogen and oxygen atoms in total. The molecule has 0 bridgehead atoms. The summed E-state index contributed by atoms with van der Waals surface area (Å²) in [5.41, 5.74) is 6.09. The van der Waals surface area contributed by atoms with Crippen molar-refractivity contribution in [3.63, 3.8) is 0 Å². The molecule has 1 atom stereocenters. The zero-order valence-electron chi connectivity index (χ0n) is 13.4. The van der Waals surface area contributed by atoms with Gasteiger partial charge in [-0.05, 0) is 37.1 Å². The van der Waals surface area contributed by atoms with Crippen LogP contribution in [0.4, 0.5) is 10.5 Å². The quantitative estimate of drug-likeness (QED) is 0.754. The molecule has 2 rings (SSSR count). The van der Waals surface area contributed by atoms with Crippen molar-refractivity contribution in [2.75, 3.05) is 38.6 Å². The normalized spacial score (nSPS) is 17.5. The minimum absolute atomic E-state index is 0.0302. The summed E-state index contributed by atoms with van der Waals surface area (Å²) in [5.74, 6) is 0.534. The second kappa shape index (κ2) is 8.38. The maximum absolute atomic E-state index is 12.3. The van der Waals surface area contributed by atoms with Crippen LogP contribution in [0.5, 0.6) is 5.75 Å². The lowest BCUT2D eigenvalue weighted by atomic mass is 9.97. The molecule has 1 fully saturated rings. The van der Waals surface area contributed by atoms with E-state index in [2.05, 4.69) is 10.6 Å². The van der Waals surface area contributed by atoms with Crippen molar-refractivity contribution >= 4 is 17.6 Å². The van der Waals surface area contributed by atoms with Gasteiger partial charge in [-0.25, -0.2) is 4.79 Å². The Morgan fingerprint density at radius 3 is 2.74 bits per heavy atom. The summed E-state index contributed by atoms with van der Waals surface area (Å²) in [6, 6.07) is 6.95. The van der Waals surface area contributed by atoms with Gasteiger partial charge in [0.2, 0.25) is 5.91 Å². The molecule has 0 aromatic heterocycles. The van der Waals surface area contributed by atoms with Gasteiger partial charge in [0.25, 0.3) is 0 Å². The molecule has 1 aliphatic heterocycles. The van der Waals surface area contributed by atoms with Gasteiger partial charge in [0.05, 0.1) is 13.0 Å². The van der Waals surface area contributed by atoms with Gasteiger partial charge in [0.15, 0.2) is 0 Å². The van der Waals surface area contributed by atoms with Crippen LogP contribution in [0.1, 0.15) is 12.8 Å². The van der Waals surface area contributed by atoms with Gasteiger partial charge in [0, 0.05) is 31.9 Å². The van der Waals surface area contributed by atoms with Crippen LogP contribution in [0.15, 0.2) is 24.3 Å². The summed E-state index contributed by atoms with van der Waals surface area (Å²) in [4.78, 5) is 26.0. The van der Waals surface area contributed by atoms with Crippen LogP contribution < -0.4 is 21.1 Å². The number of piperidine rings is 1. The Hall–Kier alpha value is -2.28. The largest absolute Gasteiger partial charge is 0.497 e. The average Bonchev–Trinajstić information content (AvgIpc) is 2.60. The Kier molecular flexibility index (Phi) is 6.22. The fourth-order valence-corrected chi connectivity index (χ4v) is 2.59. The molecule has 126 valence electrons. The number of hydrogen-bond acceptors (Lipinski definition) is 4. The molecule has 0 aliphatic carbocycles. The molecule has 1 aliphatic rings. The third-order valence-electron chi connectivity index (χ3n) is 3.86. The Morgan fingerprint density at radius 2 is 2.09 bits per heavy atom. The minimum Gasteiger partial charge on any atom is -0.497 e. The molecular weight excluding hydrogens is 296 g/mol. The predicted octanol–water partition coefficient (Wildman–Crippen LogP) is 1.01. The number of ether oxygens (including phenoxy) is 1. The summed E-state index contributed by atoms with van der Waals surface area (Å²) < 4.78 is 5.09. The molecule has 1 saturated heterocycles. The summed E-state index contributed by atoms with van der Waals surface area (Å²) in [6.07, 6.45) is 1.61. The maximum Gasteiger partial charge on any atom is 0.321 e. The van der Waals surface area contributed by atoms with Crippen LogP contribution in [0.2, 0.25) is 0 Å². The molecule has 1 aromatic carbocycles. The van der Waals surface area contributed by atoms with Crippen LogP contribution in [-0.4, -0.2) is 50.1 Å². The highest BCUT2D eigenvalue weighted by Gasteiger charge is 2.28. The van der Waals surface area contributed by atoms with E-state index >= 15 is 0 Å². The second-order valence-corrected chi connectivity index (χ2v) is 5.52. The number of hydrogen-bond donors (Lipinski definition) is 3. The maximum atomic E-state index is 12.3. The molecule has 1 heterocycles. The Labute approximate surface area is 136 Å². The van der Waals surface area contributed by atoms with Crippen LogP contribution in [0.3, 0.4) is 0 Å². The Bertz CT molecular complexity index is 533. The monoisotopic (exact) mass is 320 g/mol. The van der Waals surface area contributed by atoms with E-state index in [1.54, 1.807) is 36.3 Å². The number of nitrogens with zero attached hydrogens (tertiary/aromatic N) is 1. The fourth-order valence-electron chi connectivity index (χ4n) is 2.59. The van der Waals surface area contributed by atoms with Gasteiger partial charge in [-0.1, -0.05) is 0 Å². The second-order valence-electron chi connectivity index (χ2n) is 5.52. The highest BCUT2D eigenvalue weighted by Crippen LogP contribution is 2.19. The molecule has 7 heteroatoms. The number of nitrogens with one attached hydrogen (secondary N) is 2. The molecule has 1 aromatic rings. The summed E-state index contributed by atoms with van der Waals surface area (Å²) in [7, 11) is 1.59. The Morgan fingerprint density at radius 1 is 1.35 bits per heavy atom. The smallest absolute Gasteiger partial charge is 0.321 e. The molecule has 0 radical (unpaired) electrons. The highest BCUT2D eigenvalue weighted by atomic mass is 16.5. The van der Waals surface area contributed by atoms with E-state index in [0.29, 0.717) is 31.9 Å². The molecule has 1 unspecified atom stereocenters. The summed E-state index contributed by atoms with van der Waals surface area (Å²) in [6.45, 7) is 1.97. The minimum atomic E-state index is -0.188. The average molecular weight is 320 g/mol. The van der Waals surface area contributed by atoms with Crippen molar-refractivity contribution in [2.24, 2.45) is 11.7 Å². The van der Waals surface area contributed by atoms with Gasteiger partial charge >= 0.3 is 6.03 Å². The topological polar surface area (TPSA) is 96.7 Å². The van der Waals surface area contributed by atoms with E-state index in [1.807, 2.05) is 0 Å². The van der Waals surface area contributed by atoms with E-state index in [0.717, 1.165) is 18.6 Å². The molecule has 3 amide bonds. The van der Waals surface area contributed by atoms with Gasteiger partial charge in [-0.15, -0.1) is 0 Å². The number of urea groups is 1. The predicted molar refractivity (Wildman–Crippen MR) is 88.4 cm³/mol. The van der Waals surface area contributed by atoms with E-state index in [4.69, 9.17) is 10.5 Å². The van der Waals surface area contributed by atoms with E-state index in [9.17, 15) is 9.59 Å². The molecule has 0 saturated carbocycles. The number of rotatable bonds is 5. The molecule has 23 heavy (non-hydrogen) atoms. The standard InChI is InChI=1S/C16H24N4O3/c1-23-14-6-4-13(5-7-14)19-16(22)20-10-2-3-12(11-20)15(21)18-9-8-17/h4-7,12H,2-3,8-11,17H2,1H3,(H,18,21)(H,19,22). The highest BCUT2D eigenvalue weighted by molar-refractivity contribution is 5.90. The number of benzene rings is 1. The van der Waals surface area contributed by atoms with Crippen molar-refractivity contribution < 1.29 is 14.3 Å². The molecular formula is C16H24N4O3. The SMILES string of the molecule is COc1ccc(NC(=O)N2CCCC(C(=O)NCCN)C2)cc1. The molecule has 0 spiro atoms. The summed E-state index contributed by atoms with van der Waals surface area (Å²) in [5, 5.41) is 5.63. The third-order valence-corrected chi connectivity index (χ3v) is 3.86. The van der Waals surface area contributed by atoms with Crippen LogP contribution >= 0.6 is 0 Å². The van der Waals surface area contributed by atoms with Gasteiger partial charge in [0.1, 0.15) is 5.75 Å². The number of carbonyl (C=O) groups excluding carboxylic acids is 2. The van der Waals surface area contributed by atoms with Crippen molar-refractivity contribution in [1.29, 1.82) is 0 Å². The van der Waals surface area contributed by atoms with Crippen molar-refractivity contribution in [2.45, 2.75) is 12.8 Å². The fraction of sp³-hybridized carbons (Fsp3) is 0.500. The first-order valence-corrected chi connectivity index (χ1v) is 7.82. The lowest BCUT2D eigenvalue weighted by Gasteiger charge is -2.32. The van der Waals surface area contributed by atoms with Crippen LogP contribution in [0.25, 0.3) is 0 Å². The number of anilines is 1. The van der Waals surface area contributed by atoms with Gasteiger partial charge < -0.3 is 26.0 Å². The van der Waals surface area contributed by atoms with Crippen molar-refractivity contribution in [1.82, 2.24) is 10.2 Å². The number of likely N-dealkylation sites (tertiary alicyclic amines) is 1. The lowest BCUT2D eigenvalue weighted by Crippen LogP contribution is -2.47. The number of nitrogens with two attached hydrogens (primary N) is 1. The molecule has 4 N–H and O–H groups in total. The zero-order valence-corrected chi connectivity index (χ0v) is 13.4. The van der Waals surface area contributed by atoms with E-state index in [-0.39, 0.29) is 17.9 Å². The number of carbonyl (C=O) groups is 2. The van der Waals surface area contributed by atoms with E-state index < -0.39 is 0 Å². The first kappa shape index (κ1) is 17.1. The lowest BCUT2D eigenvalue weighted by molar-refractivity contribution is -0.126. The van der Waals surface area contributed by atoms with Crippen molar-refractivity contribution in [3.05, 3.63) is 24.3 Å².